The zero-order valence-corrected chi connectivity index (χ0v) is 12.9. The van der Waals surface area contributed by atoms with Crippen molar-refractivity contribution in [2.75, 3.05) is 12.3 Å². The number of benzene rings is 1. The first-order valence-corrected chi connectivity index (χ1v) is 8.76. The summed E-state index contributed by atoms with van der Waals surface area (Å²) in [7, 11) is -3.39. The summed E-state index contributed by atoms with van der Waals surface area (Å²) in [5.74, 6) is -0.555. The van der Waals surface area contributed by atoms with Crippen LogP contribution >= 0.6 is 23.2 Å². The van der Waals surface area contributed by atoms with Crippen molar-refractivity contribution in [3.8, 4) is 0 Å². The lowest BCUT2D eigenvalue weighted by molar-refractivity contribution is -0.127. The molecule has 7 heteroatoms. The predicted octanol–water partition coefficient (Wildman–Crippen LogP) is 2.66. The van der Waals surface area contributed by atoms with Gasteiger partial charge < -0.3 is 0 Å². The van der Waals surface area contributed by atoms with E-state index < -0.39 is 10.0 Å². The molecule has 0 bridgehead atoms. The first-order chi connectivity index (χ1) is 9.42. The number of rotatable bonds is 2. The van der Waals surface area contributed by atoms with E-state index in [9.17, 15) is 13.2 Å². The highest BCUT2D eigenvalue weighted by molar-refractivity contribution is 7.89. The van der Waals surface area contributed by atoms with E-state index in [2.05, 4.69) is 0 Å². The van der Waals surface area contributed by atoms with Crippen molar-refractivity contribution in [1.82, 2.24) is 4.31 Å². The number of amides is 1. The highest BCUT2D eigenvalue weighted by Crippen LogP contribution is 2.51. The van der Waals surface area contributed by atoms with Gasteiger partial charge in [-0.3, -0.25) is 4.79 Å². The zero-order chi connectivity index (χ0) is 14.5. The van der Waals surface area contributed by atoms with Crippen molar-refractivity contribution in [3.63, 3.8) is 0 Å². The fourth-order valence-corrected chi connectivity index (χ4v) is 4.67. The summed E-state index contributed by atoms with van der Waals surface area (Å²) in [6.45, 7) is 0.299. The van der Waals surface area contributed by atoms with Crippen LogP contribution in [0, 0.1) is 5.92 Å². The van der Waals surface area contributed by atoms with E-state index in [1.807, 2.05) is 6.07 Å². The molecule has 1 aromatic rings. The fraction of sp³-hybridized carbons (Fsp3) is 0.462. The van der Waals surface area contributed by atoms with E-state index in [0.29, 0.717) is 29.4 Å². The second kappa shape index (κ2) is 4.90. The molecule has 3 rings (SSSR count). The third-order valence-electron chi connectivity index (χ3n) is 3.83. The van der Waals surface area contributed by atoms with Crippen LogP contribution in [0.3, 0.4) is 0 Å². The number of carbonyl (C=O) groups excluding carboxylic acids is 1. The van der Waals surface area contributed by atoms with Crippen LogP contribution in [0.1, 0.15) is 24.3 Å². The maximum Gasteiger partial charge on any atom is 0.239 e. The van der Waals surface area contributed by atoms with Gasteiger partial charge in [-0.2, -0.15) is 0 Å². The summed E-state index contributed by atoms with van der Waals surface area (Å²) >= 11 is 12.1. The van der Waals surface area contributed by atoms with Crippen LogP contribution < -0.4 is 0 Å². The lowest BCUT2D eigenvalue weighted by Gasteiger charge is -2.14. The lowest BCUT2D eigenvalue weighted by Crippen LogP contribution is -2.34. The Bertz CT molecular complexity index is 674. The first kappa shape index (κ1) is 14.2. The van der Waals surface area contributed by atoms with Gasteiger partial charge in [0, 0.05) is 12.5 Å². The highest BCUT2D eigenvalue weighted by Gasteiger charge is 2.49. The Morgan fingerprint density at radius 1 is 1.30 bits per heavy atom. The maximum atomic E-state index is 12.3. The molecule has 0 unspecified atom stereocenters. The van der Waals surface area contributed by atoms with Gasteiger partial charge in [-0.1, -0.05) is 35.3 Å². The van der Waals surface area contributed by atoms with Crippen LogP contribution in [0.15, 0.2) is 18.2 Å². The molecule has 0 aromatic heterocycles. The van der Waals surface area contributed by atoms with Gasteiger partial charge in [-0.25, -0.2) is 12.7 Å². The van der Waals surface area contributed by atoms with E-state index in [1.54, 1.807) is 12.1 Å². The maximum absolute atomic E-state index is 12.3. The number of nitrogens with zero attached hydrogens (tertiary/aromatic N) is 1. The average molecular weight is 334 g/mol. The van der Waals surface area contributed by atoms with Crippen molar-refractivity contribution in [2.45, 2.75) is 18.8 Å². The molecule has 1 aromatic carbocycles. The summed E-state index contributed by atoms with van der Waals surface area (Å²) in [5.41, 5.74) is 0.828. The number of halogens is 2. The Morgan fingerprint density at radius 3 is 2.70 bits per heavy atom. The van der Waals surface area contributed by atoms with Crippen molar-refractivity contribution in [2.24, 2.45) is 5.92 Å². The number of carbonyl (C=O) groups is 1. The smallest absolute Gasteiger partial charge is 0.239 e. The van der Waals surface area contributed by atoms with Gasteiger partial charge in [-0.05, 0) is 30.4 Å². The molecule has 20 heavy (non-hydrogen) atoms. The standard InChI is InChI=1S/C13H13Cl2NO3S/c14-11-4-1-3-8(12(11)15)9-7-10(9)13(17)16-5-2-6-20(16,18)19/h1,3-4,9-10H,2,5-7H2/t9-,10+/m0/s1. The van der Waals surface area contributed by atoms with Gasteiger partial charge in [0.25, 0.3) is 0 Å². The SMILES string of the molecule is O=C([C@@H]1C[C@H]1c1cccc(Cl)c1Cl)N1CCCS1(=O)=O. The van der Waals surface area contributed by atoms with E-state index in [0.717, 1.165) is 9.87 Å². The molecule has 0 N–H and O–H groups in total. The second-order valence-electron chi connectivity index (χ2n) is 5.17. The number of hydrogen-bond acceptors (Lipinski definition) is 3. The molecule has 2 fully saturated rings. The molecule has 2 aliphatic rings. The Morgan fingerprint density at radius 2 is 2.05 bits per heavy atom. The Kier molecular flexibility index (Phi) is 3.47. The lowest BCUT2D eigenvalue weighted by atomic mass is 10.1. The molecule has 1 aliphatic heterocycles. The first-order valence-electron chi connectivity index (χ1n) is 6.40. The molecule has 1 heterocycles. The van der Waals surface area contributed by atoms with Gasteiger partial charge in [-0.15, -0.1) is 0 Å². The minimum atomic E-state index is -3.39. The monoisotopic (exact) mass is 333 g/mol. The van der Waals surface area contributed by atoms with Crippen LogP contribution in [0.4, 0.5) is 0 Å². The van der Waals surface area contributed by atoms with Crippen molar-refractivity contribution in [1.29, 1.82) is 0 Å². The minimum absolute atomic E-state index is 0.0236. The van der Waals surface area contributed by atoms with Crippen LogP contribution in [-0.4, -0.2) is 30.9 Å². The van der Waals surface area contributed by atoms with Crippen molar-refractivity contribution in [3.05, 3.63) is 33.8 Å². The van der Waals surface area contributed by atoms with Crippen LogP contribution in [0.25, 0.3) is 0 Å². The molecule has 1 saturated heterocycles. The van der Waals surface area contributed by atoms with Gasteiger partial charge in [0.2, 0.25) is 15.9 Å². The average Bonchev–Trinajstić information content (AvgIpc) is 3.09. The third-order valence-corrected chi connectivity index (χ3v) is 6.51. The molecular weight excluding hydrogens is 321 g/mol. The Labute approximate surface area is 127 Å². The molecule has 1 aliphatic carbocycles. The van der Waals surface area contributed by atoms with Gasteiger partial charge in [0.1, 0.15) is 0 Å². The quantitative estimate of drug-likeness (QED) is 0.836. The van der Waals surface area contributed by atoms with Gasteiger partial charge in [0.05, 0.1) is 15.8 Å². The molecule has 1 amide bonds. The number of hydrogen-bond donors (Lipinski definition) is 0. The van der Waals surface area contributed by atoms with Gasteiger partial charge >= 0.3 is 0 Å². The summed E-state index contributed by atoms with van der Waals surface area (Å²) in [4.78, 5) is 12.3. The van der Waals surface area contributed by atoms with E-state index in [-0.39, 0.29) is 23.5 Å². The molecule has 1 saturated carbocycles. The van der Waals surface area contributed by atoms with Crippen molar-refractivity contribution >= 4 is 39.1 Å². The zero-order valence-electron chi connectivity index (χ0n) is 10.6. The molecule has 0 radical (unpaired) electrons. The summed E-state index contributed by atoms with van der Waals surface area (Å²) in [6, 6.07) is 5.32. The van der Waals surface area contributed by atoms with E-state index >= 15 is 0 Å². The fourth-order valence-electron chi connectivity index (χ4n) is 2.69. The normalized spacial score (nSPS) is 27.6. The Hall–Kier alpha value is -0.780. The van der Waals surface area contributed by atoms with E-state index in [1.165, 1.54) is 0 Å². The molecular formula is C13H13Cl2NO3S. The van der Waals surface area contributed by atoms with Crippen LogP contribution in [0.5, 0.6) is 0 Å². The number of sulfonamides is 1. The molecule has 108 valence electrons. The largest absolute Gasteiger partial charge is 0.273 e. The molecule has 0 spiro atoms. The predicted molar refractivity (Wildman–Crippen MR) is 77.4 cm³/mol. The molecule has 2 atom stereocenters. The van der Waals surface area contributed by atoms with Crippen molar-refractivity contribution < 1.29 is 13.2 Å². The third kappa shape index (κ3) is 2.32. The summed E-state index contributed by atoms with van der Waals surface area (Å²) < 4.78 is 24.5. The molecule has 4 nitrogen and oxygen atoms in total. The van der Waals surface area contributed by atoms with E-state index in [4.69, 9.17) is 23.2 Å². The van der Waals surface area contributed by atoms with Crippen LogP contribution in [-0.2, 0) is 14.8 Å². The second-order valence-corrected chi connectivity index (χ2v) is 7.97. The summed E-state index contributed by atoms with van der Waals surface area (Å²) in [5, 5.41) is 0.912. The minimum Gasteiger partial charge on any atom is -0.273 e. The highest BCUT2D eigenvalue weighted by atomic mass is 35.5. The summed E-state index contributed by atoms with van der Waals surface area (Å²) in [6.07, 6.45) is 1.15. The Balaban J connectivity index is 1.79. The van der Waals surface area contributed by atoms with Gasteiger partial charge in [0.15, 0.2) is 0 Å². The topological polar surface area (TPSA) is 54.5 Å². The van der Waals surface area contributed by atoms with Crippen LogP contribution in [0.2, 0.25) is 10.0 Å².